The molecule has 0 amide bonds. The van der Waals surface area contributed by atoms with Crippen LogP contribution in [0.1, 0.15) is 32.1 Å². The van der Waals surface area contributed by atoms with Gasteiger partial charge in [-0.1, -0.05) is 18.9 Å². The fourth-order valence-electron chi connectivity index (χ4n) is 4.81. The van der Waals surface area contributed by atoms with Crippen LogP contribution in [0.2, 0.25) is 0 Å². The van der Waals surface area contributed by atoms with E-state index in [4.69, 9.17) is 0 Å². The Hall–Kier alpha value is -3.03. The first-order valence-corrected chi connectivity index (χ1v) is 9.81. The zero-order chi connectivity index (χ0) is 19.1. The highest BCUT2D eigenvalue weighted by molar-refractivity contribution is 5.72. The van der Waals surface area contributed by atoms with E-state index in [1.54, 1.807) is 12.1 Å². The number of nitrogens with zero attached hydrogens (tertiary/aromatic N) is 6. The van der Waals surface area contributed by atoms with Crippen LogP contribution in [0, 0.1) is 11.8 Å². The lowest BCUT2D eigenvalue weighted by Crippen LogP contribution is -2.37. The van der Waals surface area contributed by atoms with Gasteiger partial charge in [0, 0.05) is 24.2 Å². The number of hydrogen-bond donors (Lipinski definition) is 2. The van der Waals surface area contributed by atoms with Crippen molar-refractivity contribution in [3.05, 3.63) is 30.3 Å². The van der Waals surface area contributed by atoms with Crippen LogP contribution >= 0.6 is 0 Å². The third-order valence-corrected chi connectivity index (χ3v) is 6.31. The molecule has 5 rings (SSSR count). The average Bonchev–Trinajstić information content (AvgIpc) is 3.37. The van der Waals surface area contributed by atoms with E-state index in [-0.39, 0.29) is 5.75 Å². The molecule has 3 atom stereocenters. The van der Waals surface area contributed by atoms with Gasteiger partial charge in [0.25, 0.3) is 0 Å². The molecule has 2 aromatic heterocycles. The van der Waals surface area contributed by atoms with Crippen LogP contribution < -0.4 is 4.90 Å². The molecule has 2 fully saturated rings. The molecule has 0 spiro atoms. The van der Waals surface area contributed by atoms with Crippen molar-refractivity contribution in [2.24, 2.45) is 11.8 Å². The maximum absolute atomic E-state index is 10.4. The molecular formula is C20H23N7O. The molecule has 1 unspecified atom stereocenters. The van der Waals surface area contributed by atoms with Gasteiger partial charge < -0.3 is 10.0 Å². The van der Waals surface area contributed by atoms with E-state index in [2.05, 4.69) is 42.8 Å². The zero-order valence-corrected chi connectivity index (χ0v) is 15.8. The molecule has 2 saturated carbocycles. The van der Waals surface area contributed by atoms with Crippen molar-refractivity contribution in [3.8, 4) is 28.4 Å². The van der Waals surface area contributed by atoms with Crippen LogP contribution in [0.4, 0.5) is 5.82 Å². The van der Waals surface area contributed by atoms with Gasteiger partial charge in [0.1, 0.15) is 5.75 Å². The number of fused-ring (bicyclic) bond motifs is 2. The Morgan fingerprint density at radius 1 is 1.00 bits per heavy atom. The van der Waals surface area contributed by atoms with E-state index < -0.39 is 0 Å². The lowest BCUT2D eigenvalue weighted by Gasteiger charge is -2.35. The number of hydrogen-bond acceptors (Lipinski definition) is 7. The Bertz CT molecular complexity index is 945. The van der Waals surface area contributed by atoms with Gasteiger partial charge in [-0.25, -0.2) is 5.10 Å². The van der Waals surface area contributed by atoms with Gasteiger partial charge in [-0.2, -0.15) is 0 Å². The van der Waals surface area contributed by atoms with E-state index in [9.17, 15) is 5.11 Å². The number of aromatic nitrogens is 6. The minimum absolute atomic E-state index is 0.119. The van der Waals surface area contributed by atoms with Crippen LogP contribution in [0.15, 0.2) is 30.3 Å². The molecule has 0 saturated heterocycles. The Balaban J connectivity index is 1.35. The Kier molecular flexibility index (Phi) is 4.18. The number of phenolic OH excluding ortho intramolecular Hbond substituents is 1. The summed E-state index contributed by atoms with van der Waals surface area (Å²) in [4.78, 5) is 2.28. The number of phenols is 1. The molecule has 2 N–H and O–H groups in total. The Labute approximate surface area is 163 Å². The molecule has 8 heteroatoms. The van der Waals surface area contributed by atoms with Crippen molar-refractivity contribution < 1.29 is 5.11 Å². The summed E-state index contributed by atoms with van der Waals surface area (Å²) in [5, 5.41) is 32.9. The summed E-state index contributed by atoms with van der Waals surface area (Å²) in [5.41, 5.74) is 1.98. The predicted octanol–water partition coefficient (Wildman–Crippen LogP) is 3.04. The Morgan fingerprint density at radius 3 is 2.46 bits per heavy atom. The van der Waals surface area contributed by atoms with Gasteiger partial charge >= 0.3 is 0 Å². The molecule has 1 aromatic carbocycles. The minimum Gasteiger partial charge on any atom is -0.507 e. The van der Waals surface area contributed by atoms with E-state index in [1.807, 2.05) is 18.2 Å². The van der Waals surface area contributed by atoms with Gasteiger partial charge in [0.15, 0.2) is 11.6 Å². The predicted molar refractivity (Wildman–Crippen MR) is 105 cm³/mol. The minimum atomic E-state index is 0.119. The third kappa shape index (κ3) is 3.08. The second-order valence-corrected chi connectivity index (χ2v) is 8.04. The van der Waals surface area contributed by atoms with Crippen molar-refractivity contribution in [1.29, 1.82) is 0 Å². The molecular weight excluding hydrogens is 354 g/mol. The normalized spacial score (nSPS) is 23.7. The molecule has 0 radical (unpaired) electrons. The fourth-order valence-corrected chi connectivity index (χ4v) is 4.81. The van der Waals surface area contributed by atoms with Crippen LogP contribution in [0.3, 0.4) is 0 Å². The summed E-state index contributed by atoms with van der Waals surface area (Å²) in [7, 11) is 2.12. The summed E-state index contributed by atoms with van der Waals surface area (Å²) in [5.74, 6) is 3.28. The lowest BCUT2D eigenvalue weighted by atomic mass is 9.85. The van der Waals surface area contributed by atoms with E-state index in [0.29, 0.717) is 28.7 Å². The number of anilines is 1. The third-order valence-electron chi connectivity index (χ3n) is 6.31. The Morgan fingerprint density at radius 2 is 1.82 bits per heavy atom. The van der Waals surface area contributed by atoms with E-state index in [0.717, 1.165) is 17.7 Å². The topological polar surface area (TPSA) is 104 Å². The summed E-state index contributed by atoms with van der Waals surface area (Å²) in [6.45, 7) is 0. The SMILES string of the molecule is CN(c1ccc(-c2ccc(-c3nnn[nH]3)cc2O)nn1)[C@H]1CC2CC[C@@H](C2)C1. The molecule has 144 valence electrons. The second-order valence-electron chi connectivity index (χ2n) is 8.04. The molecule has 8 nitrogen and oxygen atoms in total. The van der Waals surface area contributed by atoms with Crippen molar-refractivity contribution in [2.45, 2.75) is 38.1 Å². The number of benzene rings is 1. The number of nitrogens with one attached hydrogen (secondary N) is 1. The maximum Gasteiger partial charge on any atom is 0.179 e. The number of H-pyrrole nitrogens is 1. The van der Waals surface area contributed by atoms with Crippen LogP contribution in [0.25, 0.3) is 22.6 Å². The quantitative estimate of drug-likeness (QED) is 0.720. The van der Waals surface area contributed by atoms with Gasteiger partial charge in [-0.15, -0.1) is 15.3 Å². The van der Waals surface area contributed by atoms with Crippen LogP contribution in [-0.4, -0.2) is 49.0 Å². The molecule has 2 heterocycles. The summed E-state index contributed by atoms with van der Waals surface area (Å²) < 4.78 is 0. The molecule has 2 aliphatic rings. The van der Waals surface area contributed by atoms with Crippen LogP contribution in [0.5, 0.6) is 5.75 Å². The van der Waals surface area contributed by atoms with Gasteiger partial charge in [-0.05, 0) is 65.8 Å². The smallest absolute Gasteiger partial charge is 0.179 e. The highest BCUT2D eigenvalue weighted by Crippen LogP contribution is 2.43. The first kappa shape index (κ1) is 17.1. The monoisotopic (exact) mass is 377 g/mol. The van der Waals surface area contributed by atoms with E-state index in [1.165, 1.54) is 32.1 Å². The number of aromatic amines is 1. The number of tetrazole rings is 1. The second kappa shape index (κ2) is 6.85. The number of aromatic hydroxyl groups is 1. The van der Waals surface area contributed by atoms with Crippen molar-refractivity contribution in [2.75, 3.05) is 11.9 Å². The molecule has 2 aliphatic carbocycles. The van der Waals surface area contributed by atoms with Crippen molar-refractivity contribution in [3.63, 3.8) is 0 Å². The largest absolute Gasteiger partial charge is 0.507 e. The lowest BCUT2D eigenvalue weighted by molar-refractivity contribution is 0.312. The van der Waals surface area contributed by atoms with Gasteiger partial charge in [0.2, 0.25) is 0 Å². The highest BCUT2D eigenvalue weighted by atomic mass is 16.3. The first-order chi connectivity index (χ1) is 13.7. The number of rotatable bonds is 4. The fraction of sp³-hybridized carbons (Fsp3) is 0.450. The van der Waals surface area contributed by atoms with Crippen LogP contribution in [-0.2, 0) is 0 Å². The van der Waals surface area contributed by atoms with Crippen molar-refractivity contribution in [1.82, 2.24) is 30.8 Å². The molecule has 3 aromatic rings. The van der Waals surface area contributed by atoms with Gasteiger partial charge in [-0.3, -0.25) is 0 Å². The van der Waals surface area contributed by atoms with Crippen molar-refractivity contribution >= 4 is 5.82 Å². The summed E-state index contributed by atoms with van der Waals surface area (Å²) in [6, 6.07) is 9.73. The maximum atomic E-state index is 10.4. The molecule has 0 aliphatic heterocycles. The average molecular weight is 377 g/mol. The first-order valence-electron chi connectivity index (χ1n) is 9.81. The molecule has 28 heavy (non-hydrogen) atoms. The molecule has 2 bridgehead atoms. The standard InChI is InChI=1S/C20H23N7O/c1-27(15-9-12-2-3-13(8-12)10-15)19-7-6-17(21-22-19)16-5-4-14(11-18(16)28)20-23-25-26-24-20/h4-7,11-13,15,28H,2-3,8-10H2,1H3,(H,23,24,25,26)/t12-,13?,15+/m0/s1. The van der Waals surface area contributed by atoms with Gasteiger partial charge in [0.05, 0.1) is 5.69 Å². The highest BCUT2D eigenvalue weighted by Gasteiger charge is 2.36. The summed E-state index contributed by atoms with van der Waals surface area (Å²) >= 11 is 0. The zero-order valence-electron chi connectivity index (χ0n) is 15.8. The summed E-state index contributed by atoms with van der Waals surface area (Å²) in [6.07, 6.45) is 6.71. The van der Waals surface area contributed by atoms with E-state index >= 15 is 0 Å².